The zero-order valence-electron chi connectivity index (χ0n) is 10.5. The van der Waals surface area contributed by atoms with Crippen LogP contribution in [0.2, 0.25) is 0 Å². The van der Waals surface area contributed by atoms with E-state index in [1.54, 1.807) is 19.9 Å². The highest BCUT2D eigenvalue weighted by atomic mass is 16.5. The summed E-state index contributed by atoms with van der Waals surface area (Å²) in [6.07, 6.45) is 1.46. The van der Waals surface area contributed by atoms with E-state index in [1.165, 1.54) is 12.3 Å². The van der Waals surface area contributed by atoms with Crippen LogP contribution in [0.5, 0.6) is 0 Å². The van der Waals surface area contributed by atoms with Gasteiger partial charge in [0.05, 0.1) is 18.4 Å². The molecule has 2 aromatic rings. The van der Waals surface area contributed by atoms with E-state index in [1.807, 2.05) is 0 Å². The first-order valence-electron chi connectivity index (χ1n) is 5.62. The first-order valence-corrected chi connectivity index (χ1v) is 5.62. The van der Waals surface area contributed by atoms with Gasteiger partial charge in [0.25, 0.3) is 0 Å². The lowest BCUT2D eigenvalue weighted by Gasteiger charge is -2.05. The molecule has 0 bridgehead atoms. The maximum absolute atomic E-state index is 11.7. The van der Waals surface area contributed by atoms with Gasteiger partial charge in [0, 0.05) is 5.56 Å². The molecular weight excluding hydrogens is 250 g/mol. The van der Waals surface area contributed by atoms with Crippen molar-refractivity contribution in [2.24, 2.45) is 0 Å². The van der Waals surface area contributed by atoms with Gasteiger partial charge < -0.3 is 8.94 Å². The molecule has 0 saturated carbocycles. The second-order valence-corrected chi connectivity index (χ2v) is 3.96. The molecule has 0 saturated heterocycles. The van der Waals surface area contributed by atoms with Gasteiger partial charge in [-0.15, -0.1) is 0 Å². The highest BCUT2D eigenvalue weighted by Crippen LogP contribution is 2.12. The highest BCUT2D eigenvalue weighted by molar-refractivity contribution is 5.93. The molecule has 0 aliphatic rings. The maximum Gasteiger partial charge on any atom is 0.305 e. The molecule has 0 aliphatic heterocycles. The molecule has 0 aliphatic carbocycles. The van der Waals surface area contributed by atoms with E-state index in [2.05, 4.69) is 16.0 Å². The number of aromatic nitrogens is 1. The van der Waals surface area contributed by atoms with Gasteiger partial charge in [-0.1, -0.05) is 5.16 Å². The normalized spacial score (nSPS) is 10.2. The Labute approximate surface area is 108 Å². The molecule has 0 radical (unpaired) electrons. The number of hydrogen-bond donors (Lipinski definition) is 2. The lowest BCUT2D eigenvalue weighted by atomic mass is 10.1. The summed E-state index contributed by atoms with van der Waals surface area (Å²) in [5.74, 6) is -0.172. The topological polar surface area (TPSA) is 97.4 Å². The highest BCUT2D eigenvalue weighted by Gasteiger charge is 2.14. The molecule has 100 valence electrons. The smallest absolute Gasteiger partial charge is 0.305 e. The Morgan fingerprint density at radius 1 is 1.32 bits per heavy atom. The van der Waals surface area contributed by atoms with Gasteiger partial charge in [-0.25, -0.2) is 0 Å². The van der Waals surface area contributed by atoms with Crippen LogP contribution in [0.25, 0.3) is 0 Å². The van der Waals surface area contributed by atoms with Gasteiger partial charge in [0.1, 0.15) is 5.76 Å². The summed E-state index contributed by atoms with van der Waals surface area (Å²) >= 11 is 0. The van der Waals surface area contributed by atoms with Crippen molar-refractivity contribution in [3.63, 3.8) is 0 Å². The zero-order chi connectivity index (χ0) is 13.8. The van der Waals surface area contributed by atoms with Crippen LogP contribution >= 0.6 is 0 Å². The molecule has 0 fully saturated rings. The summed E-state index contributed by atoms with van der Waals surface area (Å²) < 4.78 is 9.83. The molecule has 7 nitrogen and oxygen atoms in total. The fourth-order valence-corrected chi connectivity index (χ4v) is 1.55. The zero-order valence-corrected chi connectivity index (χ0v) is 10.5. The molecule has 19 heavy (non-hydrogen) atoms. The fourth-order valence-electron chi connectivity index (χ4n) is 1.55. The Morgan fingerprint density at radius 3 is 2.68 bits per heavy atom. The molecule has 2 aromatic heterocycles. The molecule has 7 heteroatoms. The first kappa shape index (κ1) is 12.9. The second kappa shape index (κ2) is 5.38. The predicted octanol–water partition coefficient (Wildman–Crippen LogP) is 0.888. The maximum atomic E-state index is 11.7. The second-order valence-electron chi connectivity index (χ2n) is 3.96. The Morgan fingerprint density at radius 2 is 2.11 bits per heavy atom. The average molecular weight is 263 g/mol. The van der Waals surface area contributed by atoms with Crippen molar-refractivity contribution in [2.45, 2.75) is 20.3 Å². The third-order valence-electron chi connectivity index (χ3n) is 2.58. The van der Waals surface area contributed by atoms with E-state index in [9.17, 15) is 9.59 Å². The number of aryl methyl sites for hydroxylation is 2. The van der Waals surface area contributed by atoms with Gasteiger partial charge in [0.15, 0.2) is 5.76 Å². The monoisotopic (exact) mass is 263 g/mol. The number of hydrazine groups is 1. The minimum atomic E-state index is -0.517. The third-order valence-corrected chi connectivity index (χ3v) is 2.58. The Balaban J connectivity index is 1.87. The molecule has 0 atom stereocenters. The molecule has 2 rings (SSSR count). The van der Waals surface area contributed by atoms with Crippen molar-refractivity contribution < 1.29 is 18.5 Å². The Kier molecular flexibility index (Phi) is 3.65. The van der Waals surface area contributed by atoms with Crippen molar-refractivity contribution in [3.05, 3.63) is 41.2 Å². The number of amides is 2. The van der Waals surface area contributed by atoms with Gasteiger partial charge in [-0.3, -0.25) is 20.4 Å². The standard InChI is InChI=1S/C12H13N3O4/c1-7-9(8(2)19-15-7)6-11(16)13-14-12(17)10-4-3-5-18-10/h3-5H,6H2,1-2H3,(H,13,16)(H,14,17). The number of carbonyl (C=O) groups excluding carboxylic acids is 2. The molecular formula is C12H13N3O4. The van der Waals surface area contributed by atoms with Crippen LogP contribution in [0.15, 0.2) is 27.3 Å². The number of carbonyl (C=O) groups is 2. The van der Waals surface area contributed by atoms with Crippen LogP contribution in [0.1, 0.15) is 27.6 Å². The van der Waals surface area contributed by atoms with Gasteiger partial charge >= 0.3 is 5.91 Å². The lowest BCUT2D eigenvalue weighted by molar-refractivity contribution is -0.121. The summed E-state index contributed by atoms with van der Waals surface area (Å²) in [7, 11) is 0. The van der Waals surface area contributed by atoms with Crippen LogP contribution in [0.4, 0.5) is 0 Å². The van der Waals surface area contributed by atoms with Gasteiger partial charge in [0.2, 0.25) is 5.91 Å². The molecule has 0 aromatic carbocycles. The third kappa shape index (κ3) is 3.01. The van der Waals surface area contributed by atoms with Crippen LogP contribution in [0, 0.1) is 13.8 Å². The van der Waals surface area contributed by atoms with Crippen molar-refractivity contribution >= 4 is 11.8 Å². The number of furan rings is 1. The van der Waals surface area contributed by atoms with E-state index in [0.717, 1.165) is 0 Å². The summed E-state index contributed by atoms with van der Waals surface area (Å²) in [4.78, 5) is 23.2. The van der Waals surface area contributed by atoms with E-state index in [4.69, 9.17) is 8.94 Å². The van der Waals surface area contributed by atoms with Crippen LogP contribution in [-0.2, 0) is 11.2 Å². The number of rotatable bonds is 3. The first-order chi connectivity index (χ1) is 9.08. The SMILES string of the molecule is Cc1noc(C)c1CC(=O)NNC(=O)c1ccco1. The number of hydrogen-bond acceptors (Lipinski definition) is 5. The minimum absolute atomic E-state index is 0.0829. The lowest BCUT2D eigenvalue weighted by Crippen LogP contribution is -2.42. The number of nitrogens with zero attached hydrogens (tertiary/aromatic N) is 1. The Hall–Kier alpha value is -2.57. The molecule has 0 spiro atoms. The van der Waals surface area contributed by atoms with Crippen molar-refractivity contribution in [2.75, 3.05) is 0 Å². The summed E-state index contributed by atoms with van der Waals surface area (Å²) in [5.41, 5.74) is 5.92. The summed E-state index contributed by atoms with van der Waals surface area (Å²) in [6.45, 7) is 3.48. The fraction of sp³-hybridized carbons (Fsp3) is 0.250. The van der Waals surface area contributed by atoms with Crippen LogP contribution < -0.4 is 10.9 Å². The van der Waals surface area contributed by atoms with E-state index in [-0.39, 0.29) is 18.1 Å². The van der Waals surface area contributed by atoms with Crippen LogP contribution in [0.3, 0.4) is 0 Å². The molecule has 2 N–H and O–H groups in total. The van der Waals surface area contributed by atoms with Crippen molar-refractivity contribution in [3.8, 4) is 0 Å². The summed E-state index contributed by atoms with van der Waals surface area (Å²) in [6, 6.07) is 3.08. The van der Waals surface area contributed by atoms with E-state index >= 15 is 0 Å². The summed E-state index contributed by atoms with van der Waals surface area (Å²) in [5, 5.41) is 3.75. The average Bonchev–Trinajstić information content (AvgIpc) is 3.01. The van der Waals surface area contributed by atoms with E-state index < -0.39 is 5.91 Å². The van der Waals surface area contributed by atoms with Crippen molar-refractivity contribution in [1.82, 2.24) is 16.0 Å². The van der Waals surface area contributed by atoms with Gasteiger partial charge in [-0.05, 0) is 26.0 Å². The predicted molar refractivity (Wildman–Crippen MR) is 64.0 cm³/mol. The van der Waals surface area contributed by atoms with Crippen LogP contribution in [-0.4, -0.2) is 17.0 Å². The van der Waals surface area contributed by atoms with Crippen molar-refractivity contribution in [1.29, 1.82) is 0 Å². The molecule has 2 heterocycles. The van der Waals surface area contributed by atoms with E-state index in [0.29, 0.717) is 17.0 Å². The largest absolute Gasteiger partial charge is 0.459 e. The van der Waals surface area contributed by atoms with Gasteiger partial charge in [-0.2, -0.15) is 0 Å². The minimum Gasteiger partial charge on any atom is -0.459 e. The quantitative estimate of drug-likeness (QED) is 0.801. The Bertz CT molecular complexity index is 567. The molecule has 2 amide bonds. The molecule has 0 unspecified atom stereocenters. The number of nitrogens with one attached hydrogen (secondary N) is 2.